The Morgan fingerprint density at radius 3 is 2.73 bits per heavy atom. The molecule has 1 amide bonds. The lowest BCUT2D eigenvalue weighted by Gasteiger charge is -2.14. The number of carbonyl (C=O) groups excluding carboxylic acids is 1. The smallest absolute Gasteiger partial charge is 0.270 e. The Kier molecular flexibility index (Phi) is 5.01. The van der Waals surface area contributed by atoms with Crippen LogP contribution in [0.2, 0.25) is 0 Å². The molecule has 6 nitrogen and oxygen atoms in total. The molecule has 26 heavy (non-hydrogen) atoms. The van der Waals surface area contributed by atoms with Gasteiger partial charge in [-0.15, -0.1) is 0 Å². The highest BCUT2D eigenvalue weighted by molar-refractivity contribution is 8.27. The van der Waals surface area contributed by atoms with Crippen LogP contribution in [0.1, 0.15) is 5.56 Å². The summed E-state index contributed by atoms with van der Waals surface area (Å²) in [6.07, 6.45) is 1.48. The molecule has 0 aliphatic carbocycles. The molecular formula is C17H11FN2O4S2. The van der Waals surface area contributed by atoms with Crippen molar-refractivity contribution in [3.8, 4) is 5.75 Å². The predicted molar refractivity (Wildman–Crippen MR) is 102 cm³/mol. The van der Waals surface area contributed by atoms with Crippen molar-refractivity contribution in [2.75, 3.05) is 12.0 Å². The summed E-state index contributed by atoms with van der Waals surface area (Å²) in [6.45, 7) is 0. The number of thioether (sulfide) groups is 1. The van der Waals surface area contributed by atoms with Crippen LogP contribution in [0.15, 0.2) is 47.4 Å². The molecule has 9 heteroatoms. The van der Waals surface area contributed by atoms with Crippen molar-refractivity contribution in [3.05, 3.63) is 68.9 Å². The normalized spacial score (nSPS) is 15.6. The Hall–Kier alpha value is -2.78. The van der Waals surface area contributed by atoms with Crippen LogP contribution in [-0.4, -0.2) is 22.3 Å². The minimum absolute atomic E-state index is 0.127. The highest BCUT2D eigenvalue weighted by Crippen LogP contribution is 2.37. The first-order chi connectivity index (χ1) is 12.4. The van der Waals surface area contributed by atoms with E-state index in [1.807, 2.05) is 0 Å². The molecule has 0 saturated carbocycles. The molecule has 1 aliphatic heterocycles. The molecule has 0 N–H and O–H groups in total. The number of nitro groups is 1. The van der Waals surface area contributed by atoms with Gasteiger partial charge in [0.15, 0.2) is 4.32 Å². The van der Waals surface area contributed by atoms with E-state index in [0.717, 1.165) is 11.8 Å². The zero-order valence-electron chi connectivity index (χ0n) is 13.3. The van der Waals surface area contributed by atoms with Crippen molar-refractivity contribution in [2.45, 2.75) is 0 Å². The number of rotatable bonds is 4. The van der Waals surface area contributed by atoms with Gasteiger partial charge in [0.05, 0.1) is 22.6 Å². The number of hydrogen-bond acceptors (Lipinski definition) is 6. The zero-order chi connectivity index (χ0) is 18.8. The quantitative estimate of drug-likeness (QED) is 0.338. The maximum absolute atomic E-state index is 13.5. The maximum atomic E-state index is 13.5. The van der Waals surface area contributed by atoms with Crippen molar-refractivity contribution in [1.29, 1.82) is 0 Å². The molecule has 0 atom stereocenters. The third kappa shape index (κ3) is 3.44. The minimum Gasteiger partial charge on any atom is -0.496 e. The van der Waals surface area contributed by atoms with E-state index in [9.17, 15) is 19.3 Å². The Bertz CT molecular complexity index is 962. The second-order valence-electron chi connectivity index (χ2n) is 5.18. The second kappa shape index (κ2) is 7.22. The Labute approximate surface area is 157 Å². The highest BCUT2D eigenvalue weighted by atomic mass is 32.2. The Morgan fingerprint density at radius 1 is 1.31 bits per heavy atom. The van der Waals surface area contributed by atoms with Crippen LogP contribution in [0.4, 0.5) is 15.8 Å². The lowest BCUT2D eigenvalue weighted by atomic mass is 10.1. The third-order valence-corrected chi connectivity index (χ3v) is 4.87. The van der Waals surface area contributed by atoms with E-state index in [-0.39, 0.29) is 14.9 Å². The fraction of sp³-hybridized carbons (Fsp3) is 0.0588. The molecule has 1 aliphatic rings. The number of halogens is 1. The second-order valence-corrected chi connectivity index (χ2v) is 6.86. The van der Waals surface area contributed by atoms with Gasteiger partial charge in [-0.05, 0) is 30.3 Å². The number of methoxy groups -OCH3 is 1. The van der Waals surface area contributed by atoms with Gasteiger partial charge in [0.2, 0.25) is 0 Å². The third-order valence-electron chi connectivity index (χ3n) is 3.57. The molecular weight excluding hydrogens is 379 g/mol. The van der Waals surface area contributed by atoms with E-state index in [0.29, 0.717) is 17.0 Å². The number of hydrogen-bond donors (Lipinski definition) is 0. The molecule has 132 valence electrons. The van der Waals surface area contributed by atoms with Crippen LogP contribution >= 0.6 is 24.0 Å². The molecule has 0 spiro atoms. The van der Waals surface area contributed by atoms with Crippen LogP contribution in [0.3, 0.4) is 0 Å². The standard InChI is InChI=1S/C17H11FN2O4S2/c1-24-14-6-5-13(20(22)23)7-10(14)8-15-16(21)19(17(25)26-15)12-4-2-3-11(18)9-12/h2-9H,1H3. The molecule has 0 unspecified atom stereocenters. The van der Waals surface area contributed by atoms with Gasteiger partial charge in [0.1, 0.15) is 11.6 Å². The van der Waals surface area contributed by atoms with E-state index in [2.05, 4.69) is 0 Å². The number of anilines is 1. The molecule has 2 aromatic rings. The average Bonchev–Trinajstić information content (AvgIpc) is 2.88. The number of thiocarbonyl (C=S) groups is 1. The van der Waals surface area contributed by atoms with E-state index in [4.69, 9.17) is 17.0 Å². The maximum Gasteiger partial charge on any atom is 0.270 e. The summed E-state index contributed by atoms with van der Waals surface area (Å²) >= 11 is 6.26. The van der Waals surface area contributed by atoms with Crippen molar-refractivity contribution >= 4 is 51.7 Å². The number of non-ortho nitro benzene ring substituents is 1. The molecule has 1 saturated heterocycles. The molecule has 0 radical (unpaired) electrons. The SMILES string of the molecule is COc1ccc([N+](=O)[O-])cc1C=C1SC(=S)N(c2cccc(F)c2)C1=O. The van der Waals surface area contributed by atoms with E-state index in [1.165, 1.54) is 54.5 Å². The van der Waals surface area contributed by atoms with Crippen LogP contribution in [0, 0.1) is 15.9 Å². The number of nitro benzene ring substituents is 1. The first kappa shape index (κ1) is 18.0. The van der Waals surface area contributed by atoms with Gasteiger partial charge in [-0.1, -0.05) is 30.0 Å². The monoisotopic (exact) mass is 390 g/mol. The molecule has 1 fully saturated rings. The summed E-state index contributed by atoms with van der Waals surface area (Å²) in [5.41, 5.74) is 0.570. The topological polar surface area (TPSA) is 72.7 Å². The summed E-state index contributed by atoms with van der Waals surface area (Å²) in [5, 5.41) is 11.0. The minimum atomic E-state index is -0.533. The van der Waals surface area contributed by atoms with E-state index < -0.39 is 16.6 Å². The van der Waals surface area contributed by atoms with Crippen molar-refractivity contribution in [2.24, 2.45) is 0 Å². The number of ether oxygens (including phenoxy) is 1. The van der Waals surface area contributed by atoms with Gasteiger partial charge in [0, 0.05) is 17.7 Å². The fourth-order valence-electron chi connectivity index (χ4n) is 2.39. The largest absolute Gasteiger partial charge is 0.496 e. The number of nitrogens with zero attached hydrogens (tertiary/aromatic N) is 2. The fourth-order valence-corrected chi connectivity index (χ4v) is 3.68. The number of amides is 1. The van der Waals surface area contributed by atoms with Gasteiger partial charge < -0.3 is 4.74 Å². The van der Waals surface area contributed by atoms with Gasteiger partial charge in [0.25, 0.3) is 11.6 Å². The summed E-state index contributed by atoms with van der Waals surface area (Å²) in [6, 6.07) is 9.62. The van der Waals surface area contributed by atoms with Crippen LogP contribution in [0.5, 0.6) is 5.75 Å². The van der Waals surface area contributed by atoms with Crippen molar-refractivity contribution in [3.63, 3.8) is 0 Å². The lowest BCUT2D eigenvalue weighted by Crippen LogP contribution is -2.27. The molecule has 0 aromatic heterocycles. The Balaban J connectivity index is 2.00. The first-order valence-corrected chi connectivity index (χ1v) is 8.49. The van der Waals surface area contributed by atoms with Crippen molar-refractivity contribution in [1.82, 2.24) is 0 Å². The highest BCUT2D eigenvalue weighted by Gasteiger charge is 2.33. The van der Waals surface area contributed by atoms with Gasteiger partial charge in [-0.3, -0.25) is 19.8 Å². The summed E-state index contributed by atoms with van der Waals surface area (Å²) in [7, 11) is 1.43. The lowest BCUT2D eigenvalue weighted by molar-refractivity contribution is -0.384. The molecule has 0 bridgehead atoms. The number of benzene rings is 2. The van der Waals surface area contributed by atoms with Crippen LogP contribution in [-0.2, 0) is 4.79 Å². The van der Waals surface area contributed by atoms with Gasteiger partial charge in [-0.25, -0.2) is 4.39 Å². The Morgan fingerprint density at radius 2 is 2.08 bits per heavy atom. The zero-order valence-corrected chi connectivity index (χ0v) is 15.0. The predicted octanol–water partition coefficient (Wildman–Crippen LogP) is 4.15. The van der Waals surface area contributed by atoms with E-state index in [1.54, 1.807) is 6.07 Å². The summed E-state index contributed by atoms with van der Waals surface area (Å²) < 4.78 is 18.9. The van der Waals surface area contributed by atoms with E-state index >= 15 is 0 Å². The average molecular weight is 390 g/mol. The van der Waals surface area contributed by atoms with Gasteiger partial charge >= 0.3 is 0 Å². The summed E-state index contributed by atoms with van der Waals surface area (Å²) in [4.78, 5) is 24.6. The van der Waals surface area contributed by atoms with Crippen LogP contribution in [0.25, 0.3) is 6.08 Å². The molecule has 2 aromatic carbocycles. The van der Waals surface area contributed by atoms with Crippen molar-refractivity contribution < 1.29 is 18.8 Å². The summed E-state index contributed by atoms with van der Waals surface area (Å²) in [5.74, 6) is -0.535. The van der Waals surface area contributed by atoms with Crippen LogP contribution < -0.4 is 9.64 Å². The first-order valence-electron chi connectivity index (χ1n) is 7.26. The van der Waals surface area contributed by atoms with Gasteiger partial charge in [-0.2, -0.15) is 0 Å². The number of carbonyl (C=O) groups is 1. The molecule has 1 heterocycles. The molecule has 3 rings (SSSR count).